The summed E-state index contributed by atoms with van der Waals surface area (Å²) in [5, 5.41) is 8.01. The molecule has 2 amide bonds. The number of pyridine rings is 1. The molecule has 0 aliphatic rings. The van der Waals surface area contributed by atoms with Crippen LogP contribution in [0.3, 0.4) is 0 Å². The van der Waals surface area contributed by atoms with Crippen LogP contribution in [-0.2, 0) is 0 Å². The van der Waals surface area contributed by atoms with Crippen molar-refractivity contribution < 1.29 is 4.79 Å². The number of rotatable bonds is 5. The van der Waals surface area contributed by atoms with Gasteiger partial charge in [0, 0.05) is 34.4 Å². The number of fused-ring (bicyclic) bond motifs is 1. The van der Waals surface area contributed by atoms with E-state index in [9.17, 15) is 4.79 Å². The monoisotopic (exact) mass is 386 g/mol. The zero-order valence-corrected chi connectivity index (χ0v) is 15.7. The lowest BCUT2D eigenvalue weighted by Crippen LogP contribution is -2.19. The Bertz CT molecular complexity index is 1080. The van der Waals surface area contributed by atoms with Crippen LogP contribution in [0.15, 0.2) is 96.2 Å². The van der Waals surface area contributed by atoms with E-state index in [4.69, 9.17) is 0 Å². The number of anilines is 3. The molecule has 138 valence electrons. The van der Waals surface area contributed by atoms with E-state index in [1.807, 2.05) is 36.4 Å². The van der Waals surface area contributed by atoms with Crippen molar-refractivity contribution in [1.82, 2.24) is 4.98 Å². The van der Waals surface area contributed by atoms with Gasteiger partial charge in [-0.25, -0.2) is 4.79 Å². The first-order chi connectivity index (χ1) is 13.8. The van der Waals surface area contributed by atoms with Crippen LogP contribution in [0, 0.1) is 0 Å². The summed E-state index contributed by atoms with van der Waals surface area (Å²) in [7, 11) is 0. The van der Waals surface area contributed by atoms with E-state index in [1.165, 1.54) is 10.8 Å². The SMILES string of the molecule is O=C(Nc1ccncc1)Nc1ccc(NSc2ccc3ccccc3c2)cc1. The number of urea groups is 1. The van der Waals surface area contributed by atoms with Gasteiger partial charge in [-0.2, -0.15) is 0 Å². The standard InChI is InChI=1S/C22H18N4OS/c27-22(25-19-11-13-23-14-12-19)24-18-6-8-20(9-7-18)26-28-21-10-5-16-3-1-2-4-17(16)15-21/h1-15,26H,(H2,23,24,25,27). The van der Waals surface area contributed by atoms with Crippen molar-refractivity contribution in [2.24, 2.45) is 0 Å². The average molecular weight is 386 g/mol. The fourth-order valence-corrected chi connectivity index (χ4v) is 3.39. The van der Waals surface area contributed by atoms with Crippen LogP contribution < -0.4 is 15.4 Å². The summed E-state index contributed by atoms with van der Waals surface area (Å²) in [6.45, 7) is 0. The Kier molecular flexibility index (Phi) is 5.40. The maximum Gasteiger partial charge on any atom is 0.323 e. The number of nitrogens with one attached hydrogen (secondary N) is 3. The fourth-order valence-electron chi connectivity index (χ4n) is 2.70. The number of amides is 2. The number of hydrogen-bond donors (Lipinski definition) is 3. The second kappa shape index (κ2) is 8.45. The van der Waals surface area contributed by atoms with Crippen molar-refractivity contribution in [2.45, 2.75) is 4.90 Å². The lowest BCUT2D eigenvalue weighted by molar-refractivity contribution is 0.262. The highest BCUT2D eigenvalue weighted by Crippen LogP contribution is 2.25. The summed E-state index contributed by atoms with van der Waals surface area (Å²) in [6, 6.07) is 25.4. The lowest BCUT2D eigenvalue weighted by atomic mass is 10.1. The van der Waals surface area contributed by atoms with Crippen LogP contribution >= 0.6 is 11.9 Å². The third kappa shape index (κ3) is 4.61. The molecule has 0 saturated heterocycles. The van der Waals surface area contributed by atoms with E-state index in [1.54, 1.807) is 36.5 Å². The van der Waals surface area contributed by atoms with E-state index < -0.39 is 0 Å². The van der Waals surface area contributed by atoms with Crippen LogP contribution in [0.4, 0.5) is 21.9 Å². The molecule has 1 aromatic heterocycles. The third-order valence-electron chi connectivity index (χ3n) is 4.09. The zero-order chi connectivity index (χ0) is 19.2. The largest absolute Gasteiger partial charge is 0.326 e. The van der Waals surface area contributed by atoms with E-state index in [-0.39, 0.29) is 6.03 Å². The predicted molar refractivity (Wildman–Crippen MR) is 117 cm³/mol. The molecule has 3 N–H and O–H groups in total. The minimum absolute atomic E-state index is 0.294. The maximum atomic E-state index is 12.0. The Morgan fingerprint density at radius 1 is 0.714 bits per heavy atom. The highest BCUT2D eigenvalue weighted by Gasteiger charge is 2.03. The Balaban J connectivity index is 1.33. The summed E-state index contributed by atoms with van der Waals surface area (Å²) in [4.78, 5) is 17.1. The minimum Gasteiger partial charge on any atom is -0.326 e. The average Bonchev–Trinajstić information content (AvgIpc) is 2.74. The topological polar surface area (TPSA) is 66.0 Å². The van der Waals surface area contributed by atoms with Crippen LogP contribution in [0.1, 0.15) is 0 Å². The van der Waals surface area contributed by atoms with Gasteiger partial charge in [0.05, 0.1) is 0 Å². The van der Waals surface area contributed by atoms with Gasteiger partial charge in [0.25, 0.3) is 0 Å². The molecular formula is C22H18N4OS. The van der Waals surface area contributed by atoms with Gasteiger partial charge >= 0.3 is 6.03 Å². The highest BCUT2D eigenvalue weighted by atomic mass is 32.2. The van der Waals surface area contributed by atoms with Crippen LogP contribution in [0.2, 0.25) is 0 Å². The van der Waals surface area contributed by atoms with Crippen molar-refractivity contribution in [2.75, 3.05) is 15.4 Å². The molecule has 0 spiro atoms. The summed E-state index contributed by atoms with van der Waals surface area (Å²) in [5.41, 5.74) is 2.36. The van der Waals surface area contributed by atoms with E-state index in [0.717, 1.165) is 10.6 Å². The molecule has 0 aliphatic carbocycles. The normalized spacial score (nSPS) is 10.4. The van der Waals surface area contributed by atoms with Crippen molar-refractivity contribution in [3.63, 3.8) is 0 Å². The Hall–Kier alpha value is -3.51. The molecule has 3 aromatic carbocycles. The quantitative estimate of drug-likeness (QED) is 0.368. The number of hydrogen-bond acceptors (Lipinski definition) is 4. The molecule has 0 fully saturated rings. The Labute approximate surface area is 167 Å². The van der Waals surface area contributed by atoms with E-state index in [2.05, 4.69) is 50.7 Å². The lowest BCUT2D eigenvalue weighted by Gasteiger charge is -2.09. The van der Waals surface area contributed by atoms with Gasteiger partial charge in [0.2, 0.25) is 0 Å². The van der Waals surface area contributed by atoms with Crippen molar-refractivity contribution >= 4 is 45.8 Å². The molecule has 1 heterocycles. The number of carbonyl (C=O) groups is 1. The molecule has 0 radical (unpaired) electrons. The summed E-state index contributed by atoms with van der Waals surface area (Å²) in [6.07, 6.45) is 3.26. The first-order valence-electron chi connectivity index (χ1n) is 8.76. The van der Waals surface area contributed by atoms with Crippen molar-refractivity contribution in [3.8, 4) is 0 Å². The summed E-state index contributed by atoms with van der Waals surface area (Å²) < 4.78 is 3.33. The molecule has 6 heteroatoms. The molecule has 4 rings (SSSR count). The first kappa shape index (κ1) is 17.9. The molecular weight excluding hydrogens is 368 g/mol. The number of carbonyl (C=O) groups excluding carboxylic acids is 1. The summed E-state index contributed by atoms with van der Waals surface area (Å²) in [5.74, 6) is 0. The smallest absolute Gasteiger partial charge is 0.323 e. The molecule has 0 bridgehead atoms. The van der Waals surface area contributed by atoms with Gasteiger partial charge in [0.15, 0.2) is 0 Å². The summed E-state index contributed by atoms with van der Waals surface area (Å²) >= 11 is 1.55. The van der Waals surface area contributed by atoms with Gasteiger partial charge in [0.1, 0.15) is 0 Å². The fraction of sp³-hybridized carbons (Fsp3) is 0. The highest BCUT2D eigenvalue weighted by molar-refractivity contribution is 8.00. The van der Waals surface area contributed by atoms with Crippen LogP contribution in [0.25, 0.3) is 10.8 Å². The third-order valence-corrected chi connectivity index (χ3v) is 4.92. The number of aromatic nitrogens is 1. The minimum atomic E-state index is -0.294. The first-order valence-corrected chi connectivity index (χ1v) is 9.58. The van der Waals surface area contributed by atoms with Gasteiger partial charge in [-0.15, -0.1) is 0 Å². The number of nitrogens with zero attached hydrogens (tertiary/aromatic N) is 1. The Morgan fingerprint density at radius 2 is 1.36 bits per heavy atom. The van der Waals surface area contributed by atoms with E-state index in [0.29, 0.717) is 11.4 Å². The van der Waals surface area contributed by atoms with E-state index >= 15 is 0 Å². The second-order valence-corrected chi connectivity index (χ2v) is 6.99. The number of benzene rings is 3. The van der Waals surface area contributed by atoms with Crippen LogP contribution in [0.5, 0.6) is 0 Å². The molecule has 0 aliphatic heterocycles. The molecule has 4 aromatic rings. The van der Waals surface area contributed by atoms with Crippen molar-refractivity contribution in [1.29, 1.82) is 0 Å². The molecule has 0 saturated carbocycles. The predicted octanol–water partition coefficient (Wildman–Crippen LogP) is 6.00. The molecule has 0 atom stereocenters. The van der Waals surface area contributed by atoms with Crippen LogP contribution in [-0.4, -0.2) is 11.0 Å². The maximum absolute atomic E-state index is 12.0. The zero-order valence-electron chi connectivity index (χ0n) is 14.9. The van der Waals surface area contributed by atoms with Crippen molar-refractivity contribution in [3.05, 3.63) is 91.3 Å². The molecule has 0 unspecified atom stereocenters. The molecule has 5 nitrogen and oxygen atoms in total. The second-order valence-electron chi connectivity index (χ2n) is 6.11. The van der Waals surface area contributed by atoms with Gasteiger partial charge < -0.3 is 15.4 Å². The Morgan fingerprint density at radius 3 is 2.11 bits per heavy atom. The van der Waals surface area contributed by atoms with Gasteiger partial charge in [-0.1, -0.05) is 30.3 Å². The van der Waals surface area contributed by atoms with Gasteiger partial charge in [-0.05, 0) is 71.3 Å². The van der Waals surface area contributed by atoms with Gasteiger partial charge in [-0.3, -0.25) is 4.98 Å². The molecule has 28 heavy (non-hydrogen) atoms.